The monoisotopic (exact) mass is 342 g/mol. The van der Waals surface area contributed by atoms with E-state index in [0.29, 0.717) is 17.9 Å². The van der Waals surface area contributed by atoms with Gasteiger partial charge in [0.1, 0.15) is 5.75 Å². The highest BCUT2D eigenvalue weighted by molar-refractivity contribution is 5.79. The van der Waals surface area contributed by atoms with Gasteiger partial charge in [-0.1, -0.05) is 24.6 Å². The number of nitrogens with two attached hydrogens (primary N) is 1. The molecule has 136 valence electrons. The van der Waals surface area contributed by atoms with E-state index in [4.69, 9.17) is 10.5 Å². The van der Waals surface area contributed by atoms with Gasteiger partial charge < -0.3 is 15.8 Å². The maximum absolute atomic E-state index is 12.8. The molecule has 2 atom stereocenters. The Hall–Kier alpha value is -1.55. The molecule has 0 aromatic heterocycles. The molecule has 3 aliphatic carbocycles. The fraction of sp³-hybridized carbons (Fsp3) is 0.667. The molecular formula is C21H30N2O2. The van der Waals surface area contributed by atoms with E-state index >= 15 is 0 Å². The molecule has 3 fully saturated rings. The van der Waals surface area contributed by atoms with Crippen molar-refractivity contribution in [3.05, 3.63) is 29.8 Å². The number of hydrogen-bond acceptors (Lipinski definition) is 3. The molecule has 0 radical (unpaired) electrons. The van der Waals surface area contributed by atoms with E-state index in [2.05, 4.69) is 17.4 Å². The Bertz CT molecular complexity index is 627. The van der Waals surface area contributed by atoms with Crippen molar-refractivity contribution in [1.82, 2.24) is 5.32 Å². The highest BCUT2D eigenvalue weighted by Crippen LogP contribution is 2.51. The van der Waals surface area contributed by atoms with Crippen molar-refractivity contribution in [3.63, 3.8) is 0 Å². The molecule has 1 aromatic carbocycles. The predicted molar refractivity (Wildman–Crippen MR) is 98.4 cm³/mol. The van der Waals surface area contributed by atoms with Crippen LogP contribution in [-0.4, -0.2) is 25.6 Å². The molecular weight excluding hydrogens is 312 g/mol. The first-order valence-corrected chi connectivity index (χ1v) is 9.80. The molecule has 0 saturated heterocycles. The van der Waals surface area contributed by atoms with Crippen molar-refractivity contribution < 1.29 is 9.53 Å². The van der Waals surface area contributed by atoms with Crippen molar-refractivity contribution in [2.24, 2.45) is 23.5 Å². The third-order valence-electron chi connectivity index (χ3n) is 6.92. The zero-order chi connectivity index (χ0) is 17.4. The summed E-state index contributed by atoms with van der Waals surface area (Å²) in [6, 6.07) is 8.54. The van der Waals surface area contributed by atoms with Crippen molar-refractivity contribution in [2.75, 3.05) is 13.7 Å². The first kappa shape index (κ1) is 16.9. The van der Waals surface area contributed by atoms with E-state index in [-0.39, 0.29) is 17.2 Å². The van der Waals surface area contributed by atoms with Crippen LogP contribution in [0.15, 0.2) is 24.3 Å². The van der Waals surface area contributed by atoms with Crippen LogP contribution < -0.4 is 15.8 Å². The lowest BCUT2D eigenvalue weighted by Gasteiger charge is -2.43. The highest BCUT2D eigenvalue weighted by Gasteiger charge is 2.47. The quantitative estimate of drug-likeness (QED) is 0.864. The Morgan fingerprint density at radius 2 is 1.92 bits per heavy atom. The summed E-state index contributed by atoms with van der Waals surface area (Å²) in [6.45, 7) is 0.726. The smallest absolute Gasteiger partial charge is 0.223 e. The van der Waals surface area contributed by atoms with Crippen molar-refractivity contribution in [1.29, 1.82) is 0 Å². The molecule has 4 nitrogen and oxygen atoms in total. The van der Waals surface area contributed by atoms with Gasteiger partial charge in [-0.15, -0.1) is 0 Å². The molecule has 3 saturated carbocycles. The summed E-state index contributed by atoms with van der Waals surface area (Å²) in [5.74, 6) is 2.43. The molecule has 0 spiro atoms. The number of amides is 1. The molecule has 25 heavy (non-hydrogen) atoms. The molecule has 2 unspecified atom stereocenters. The van der Waals surface area contributed by atoms with Crippen LogP contribution in [0.5, 0.6) is 5.75 Å². The van der Waals surface area contributed by atoms with Crippen LogP contribution >= 0.6 is 0 Å². The molecule has 1 amide bonds. The average molecular weight is 342 g/mol. The first-order chi connectivity index (χ1) is 12.1. The highest BCUT2D eigenvalue weighted by atomic mass is 16.5. The van der Waals surface area contributed by atoms with Crippen LogP contribution in [0.1, 0.15) is 50.5 Å². The summed E-state index contributed by atoms with van der Waals surface area (Å²) in [4.78, 5) is 12.8. The number of ether oxygens (including phenoxy) is 1. The molecule has 0 aliphatic heterocycles. The first-order valence-electron chi connectivity index (χ1n) is 9.80. The van der Waals surface area contributed by atoms with E-state index in [1.54, 1.807) is 7.11 Å². The van der Waals surface area contributed by atoms with Gasteiger partial charge in [0.2, 0.25) is 5.91 Å². The standard InChI is InChI=1S/C21H30N2O2/c1-25-18-8-3-2-7-17(18)21(9-10-21)13-23-20(24)16-11-14-5-4-6-15(12-16)19(14)22/h2-3,7-8,14-16,19H,4-6,9-13,22H2,1H3,(H,23,24). The third-order valence-corrected chi connectivity index (χ3v) is 6.92. The van der Waals surface area contributed by atoms with E-state index in [1.807, 2.05) is 12.1 Å². The number of para-hydroxylation sites is 1. The maximum Gasteiger partial charge on any atom is 0.223 e. The lowest BCUT2D eigenvalue weighted by molar-refractivity contribution is -0.128. The molecule has 1 aromatic rings. The zero-order valence-electron chi connectivity index (χ0n) is 15.2. The van der Waals surface area contributed by atoms with Gasteiger partial charge in [0.25, 0.3) is 0 Å². The Morgan fingerprint density at radius 3 is 2.56 bits per heavy atom. The molecule has 4 heteroatoms. The lowest BCUT2D eigenvalue weighted by Crippen LogP contribution is -2.49. The number of methoxy groups -OCH3 is 1. The van der Waals surface area contributed by atoms with Gasteiger partial charge >= 0.3 is 0 Å². The number of benzene rings is 1. The maximum atomic E-state index is 12.8. The van der Waals surface area contributed by atoms with E-state index in [1.165, 1.54) is 24.8 Å². The molecule has 3 N–H and O–H groups in total. The Morgan fingerprint density at radius 1 is 1.24 bits per heavy atom. The second-order valence-electron chi connectivity index (χ2n) is 8.40. The number of hydrogen-bond donors (Lipinski definition) is 2. The van der Waals surface area contributed by atoms with Crippen LogP contribution in [-0.2, 0) is 10.2 Å². The fourth-order valence-electron chi connectivity index (χ4n) is 5.18. The largest absolute Gasteiger partial charge is 0.496 e. The SMILES string of the molecule is COc1ccccc1C1(CNC(=O)C2CC3CCCC(C2)C3N)CC1. The zero-order valence-corrected chi connectivity index (χ0v) is 15.2. The van der Waals surface area contributed by atoms with Crippen molar-refractivity contribution in [2.45, 2.75) is 56.4 Å². The molecule has 4 rings (SSSR count). The summed E-state index contributed by atoms with van der Waals surface area (Å²) in [5.41, 5.74) is 7.67. The van der Waals surface area contributed by atoms with Gasteiger partial charge in [-0.05, 0) is 56.4 Å². The predicted octanol–water partition coefficient (Wildman–Crippen LogP) is 3.00. The summed E-state index contributed by atoms with van der Waals surface area (Å²) in [5, 5.41) is 3.27. The Labute approximate surface area is 150 Å². The Kier molecular flexibility index (Phi) is 4.48. The fourth-order valence-corrected chi connectivity index (χ4v) is 5.18. The van der Waals surface area contributed by atoms with Gasteiger partial charge in [-0.25, -0.2) is 0 Å². The summed E-state index contributed by atoms with van der Waals surface area (Å²) < 4.78 is 5.53. The van der Waals surface area contributed by atoms with E-state index in [9.17, 15) is 4.79 Å². The van der Waals surface area contributed by atoms with Crippen LogP contribution in [0.4, 0.5) is 0 Å². The van der Waals surface area contributed by atoms with Crippen LogP contribution in [0, 0.1) is 17.8 Å². The third kappa shape index (κ3) is 3.17. The van der Waals surface area contributed by atoms with Crippen LogP contribution in [0.3, 0.4) is 0 Å². The van der Waals surface area contributed by atoms with Gasteiger partial charge in [-0.2, -0.15) is 0 Å². The second-order valence-corrected chi connectivity index (χ2v) is 8.40. The summed E-state index contributed by atoms with van der Waals surface area (Å²) in [7, 11) is 1.72. The molecule has 2 bridgehead atoms. The Balaban J connectivity index is 1.39. The average Bonchev–Trinajstić information content (AvgIpc) is 3.40. The van der Waals surface area contributed by atoms with Gasteiger partial charge in [0.05, 0.1) is 7.11 Å². The topological polar surface area (TPSA) is 64.3 Å². The normalized spacial score (nSPS) is 32.7. The number of carbonyl (C=O) groups excluding carboxylic acids is 1. The summed E-state index contributed by atoms with van der Waals surface area (Å²) >= 11 is 0. The van der Waals surface area contributed by atoms with Gasteiger partial charge in [-0.3, -0.25) is 4.79 Å². The molecule has 0 heterocycles. The van der Waals surface area contributed by atoms with Crippen molar-refractivity contribution in [3.8, 4) is 5.75 Å². The van der Waals surface area contributed by atoms with Gasteiger partial charge in [0, 0.05) is 29.5 Å². The van der Waals surface area contributed by atoms with Gasteiger partial charge in [0.15, 0.2) is 0 Å². The molecule has 3 aliphatic rings. The minimum Gasteiger partial charge on any atom is -0.496 e. The van der Waals surface area contributed by atoms with Crippen LogP contribution in [0.2, 0.25) is 0 Å². The van der Waals surface area contributed by atoms with Crippen molar-refractivity contribution >= 4 is 5.91 Å². The number of fused-ring (bicyclic) bond motifs is 2. The summed E-state index contributed by atoms with van der Waals surface area (Å²) in [6.07, 6.45) is 7.88. The number of carbonyl (C=O) groups is 1. The van der Waals surface area contributed by atoms with E-state index < -0.39 is 0 Å². The number of nitrogens with one attached hydrogen (secondary N) is 1. The minimum atomic E-state index is 0.0726. The number of rotatable bonds is 5. The van der Waals surface area contributed by atoms with E-state index in [0.717, 1.165) is 38.0 Å². The van der Waals surface area contributed by atoms with Crippen LogP contribution in [0.25, 0.3) is 0 Å². The second kappa shape index (κ2) is 6.64. The minimum absolute atomic E-state index is 0.0726. The lowest BCUT2D eigenvalue weighted by atomic mass is 9.65.